The summed E-state index contributed by atoms with van der Waals surface area (Å²) in [6, 6.07) is 8.17. The Kier molecular flexibility index (Phi) is 4.33. The van der Waals surface area contributed by atoms with E-state index in [0.29, 0.717) is 19.3 Å². The average Bonchev–Trinajstić information content (AvgIpc) is 2.46. The standard InChI is InChI=1S/C16H22N2O2/c19-16(15-11-12-3-1-2-4-14(12)15)18-9-10-20-13-5-7-17-8-6-13/h1-4,13,15,17H,5-11H2,(H,18,19). The lowest BCUT2D eigenvalue weighted by atomic mass is 9.77. The summed E-state index contributed by atoms with van der Waals surface area (Å²) >= 11 is 0. The minimum atomic E-state index is 0.0464. The van der Waals surface area contributed by atoms with E-state index >= 15 is 0 Å². The molecule has 0 spiro atoms. The van der Waals surface area contributed by atoms with E-state index in [2.05, 4.69) is 22.8 Å². The molecule has 1 amide bonds. The normalized spacial score (nSPS) is 21.9. The molecule has 1 heterocycles. The summed E-state index contributed by atoms with van der Waals surface area (Å²) in [4.78, 5) is 12.1. The van der Waals surface area contributed by atoms with Crippen LogP contribution in [0.3, 0.4) is 0 Å². The van der Waals surface area contributed by atoms with Gasteiger partial charge in [0.2, 0.25) is 5.91 Å². The van der Waals surface area contributed by atoms with Crippen molar-refractivity contribution >= 4 is 5.91 Å². The topological polar surface area (TPSA) is 50.4 Å². The maximum Gasteiger partial charge on any atom is 0.227 e. The number of rotatable bonds is 5. The number of carbonyl (C=O) groups excluding carboxylic acids is 1. The highest BCUT2D eigenvalue weighted by atomic mass is 16.5. The van der Waals surface area contributed by atoms with E-state index in [-0.39, 0.29) is 11.8 Å². The maximum atomic E-state index is 12.1. The zero-order valence-corrected chi connectivity index (χ0v) is 11.7. The molecule has 1 fully saturated rings. The Bertz CT molecular complexity index is 469. The lowest BCUT2D eigenvalue weighted by Crippen LogP contribution is -2.38. The maximum absolute atomic E-state index is 12.1. The van der Waals surface area contributed by atoms with Gasteiger partial charge in [0.25, 0.3) is 0 Å². The Hall–Kier alpha value is -1.39. The highest BCUT2D eigenvalue weighted by Gasteiger charge is 2.31. The van der Waals surface area contributed by atoms with Gasteiger partial charge in [-0.15, -0.1) is 0 Å². The summed E-state index contributed by atoms with van der Waals surface area (Å²) < 4.78 is 5.78. The molecule has 1 aliphatic heterocycles. The Morgan fingerprint density at radius 2 is 2.10 bits per heavy atom. The molecule has 1 aliphatic carbocycles. The van der Waals surface area contributed by atoms with E-state index < -0.39 is 0 Å². The van der Waals surface area contributed by atoms with Crippen LogP contribution >= 0.6 is 0 Å². The number of hydrogen-bond donors (Lipinski definition) is 2. The molecule has 1 aromatic carbocycles. The summed E-state index contributed by atoms with van der Waals surface area (Å²) in [6.07, 6.45) is 3.38. The number of amides is 1. The van der Waals surface area contributed by atoms with Gasteiger partial charge >= 0.3 is 0 Å². The number of piperidine rings is 1. The van der Waals surface area contributed by atoms with Gasteiger partial charge in [0.1, 0.15) is 0 Å². The van der Waals surface area contributed by atoms with Crippen molar-refractivity contribution in [2.24, 2.45) is 0 Å². The molecule has 0 aromatic heterocycles. The minimum Gasteiger partial charge on any atom is -0.376 e. The van der Waals surface area contributed by atoms with Crippen LogP contribution in [0.5, 0.6) is 0 Å². The van der Waals surface area contributed by atoms with Gasteiger partial charge in [-0.05, 0) is 43.5 Å². The lowest BCUT2D eigenvalue weighted by molar-refractivity contribution is -0.123. The van der Waals surface area contributed by atoms with E-state index in [1.807, 2.05) is 12.1 Å². The van der Waals surface area contributed by atoms with Crippen LogP contribution in [-0.2, 0) is 16.0 Å². The van der Waals surface area contributed by atoms with Crippen LogP contribution in [-0.4, -0.2) is 38.3 Å². The zero-order valence-electron chi connectivity index (χ0n) is 11.7. The van der Waals surface area contributed by atoms with Crippen LogP contribution < -0.4 is 10.6 Å². The van der Waals surface area contributed by atoms with Crippen molar-refractivity contribution in [3.63, 3.8) is 0 Å². The second-order valence-corrected chi connectivity index (χ2v) is 5.57. The van der Waals surface area contributed by atoms with Crippen LogP contribution in [0.2, 0.25) is 0 Å². The third-order valence-electron chi connectivity index (χ3n) is 4.21. The van der Waals surface area contributed by atoms with Crippen molar-refractivity contribution in [2.45, 2.75) is 31.3 Å². The first-order valence-corrected chi connectivity index (χ1v) is 7.52. The first kappa shape index (κ1) is 13.6. The number of fused-ring (bicyclic) bond motifs is 1. The highest BCUT2D eigenvalue weighted by molar-refractivity contribution is 5.86. The van der Waals surface area contributed by atoms with Crippen LogP contribution in [0.25, 0.3) is 0 Å². The predicted octanol–water partition coefficient (Wildman–Crippen LogP) is 1.21. The number of hydrogen-bond acceptors (Lipinski definition) is 3. The molecule has 4 nitrogen and oxygen atoms in total. The molecule has 1 atom stereocenters. The Labute approximate surface area is 119 Å². The molecule has 4 heteroatoms. The van der Waals surface area contributed by atoms with Crippen LogP contribution in [0.1, 0.15) is 29.9 Å². The molecule has 1 saturated heterocycles. The Morgan fingerprint density at radius 1 is 1.30 bits per heavy atom. The van der Waals surface area contributed by atoms with Gasteiger partial charge in [-0.1, -0.05) is 24.3 Å². The summed E-state index contributed by atoms with van der Waals surface area (Å²) in [7, 11) is 0. The quantitative estimate of drug-likeness (QED) is 0.794. The number of carbonyl (C=O) groups is 1. The van der Waals surface area contributed by atoms with Gasteiger partial charge in [0.05, 0.1) is 18.6 Å². The fourth-order valence-corrected chi connectivity index (χ4v) is 2.98. The zero-order chi connectivity index (χ0) is 13.8. The van der Waals surface area contributed by atoms with Gasteiger partial charge in [-0.25, -0.2) is 0 Å². The fraction of sp³-hybridized carbons (Fsp3) is 0.562. The van der Waals surface area contributed by atoms with Gasteiger partial charge < -0.3 is 15.4 Å². The Balaban J connectivity index is 1.36. The Morgan fingerprint density at radius 3 is 2.90 bits per heavy atom. The van der Waals surface area contributed by atoms with Crippen LogP contribution in [0, 0.1) is 0 Å². The summed E-state index contributed by atoms with van der Waals surface area (Å²) in [6.45, 7) is 3.30. The van der Waals surface area contributed by atoms with Gasteiger partial charge in [-0.3, -0.25) is 4.79 Å². The molecular formula is C16H22N2O2. The largest absolute Gasteiger partial charge is 0.376 e. The molecular weight excluding hydrogens is 252 g/mol. The van der Waals surface area contributed by atoms with Crippen molar-refractivity contribution in [2.75, 3.05) is 26.2 Å². The second kappa shape index (κ2) is 6.37. The lowest BCUT2D eigenvalue weighted by Gasteiger charge is -2.29. The molecule has 20 heavy (non-hydrogen) atoms. The molecule has 0 saturated carbocycles. The van der Waals surface area contributed by atoms with Crippen molar-refractivity contribution in [3.8, 4) is 0 Å². The van der Waals surface area contributed by atoms with E-state index in [9.17, 15) is 4.79 Å². The van der Waals surface area contributed by atoms with Gasteiger partial charge in [0, 0.05) is 6.54 Å². The van der Waals surface area contributed by atoms with Crippen molar-refractivity contribution < 1.29 is 9.53 Å². The predicted molar refractivity (Wildman–Crippen MR) is 77.7 cm³/mol. The van der Waals surface area contributed by atoms with Gasteiger partial charge in [-0.2, -0.15) is 0 Å². The van der Waals surface area contributed by atoms with Crippen LogP contribution in [0.15, 0.2) is 24.3 Å². The average molecular weight is 274 g/mol. The monoisotopic (exact) mass is 274 g/mol. The smallest absolute Gasteiger partial charge is 0.227 e. The molecule has 0 radical (unpaired) electrons. The van der Waals surface area contributed by atoms with Crippen molar-refractivity contribution in [3.05, 3.63) is 35.4 Å². The molecule has 0 bridgehead atoms. The van der Waals surface area contributed by atoms with E-state index in [1.54, 1.807) is 0 Å². The number of ether oxygens (including phenoxy) is 1. The van der Waals surface area contributed by atoms with E-state index in [4.69, 9.17) is 4.74 Å². The molecule has 2 aliphatic rings. The SMILES string of the molecule is O=C(NCCOC1CCNCC1)C1Cc2ccccc21. The molecule has 2 N–H and O–H groups in total. The van der Waals surface area contributed by atoms with Crippen molar-refractivity contribution in [1.82, 2.24) is 10.6 Å². The number of nitrogens with one attached hydrogen (secondary N) is 2. The number of benzene rings is 1. The first-order valence-electron chi connectivity index (χ1n) is 7.52. The van der Waals surface area contributed by atoms with Crippen LogP contribution in [0.4, 0.5) is 0 Å². The molecule has 1 unspecified atom stereocenters. The molecule has 108 valence electrons. The van der Waals surface area contributed by atoms with Gasteiger partial charge in [0.15, 0.2) is 0 Å². The van der Waals surface area contributed by atoms with Crippen molar-refractivity contribution in [1.29, 1.82) is 0 Å². The summed E-state index contributed by atoms with van der Waals surface area (Å²) in [5.74, 6) is 0.183. The summed E-state index contributed by atoms with van der Waals surface area (Å²) in [5.41, 5.74) is 2.49. The first-order chi connectivity index (χ1) is 9.84. The third kappa shape index (κ3) is 3.02. The second-order valence-electron chi connectivity index (χ2n) is 5.57. The summed E-state index contributed by atoms with van der Waals surface area (Å²) in [5, 5.41) is 6.30. The highest BCUT2D eigenvalue weighted by Crippen LogP contribution is 2.34. The minimum absolute atomic E-state index is 0.0464. The molecule has 3 rings (SSSR count). The van der Waals surface area contributed by atoms with E-state index in [1.165, 1.54) is 11.1 Å². The molecule has 1 aromatic rings. The van der Waals surface area contributed by atoms with E-state index in [0.717, 1.165) is 32.4 Å². The third-order valence-corrected chi connectivity index (χ3v) is 4.21. The fourth-order valence-electron chi connectivity index (χ4n) is 2.98.